The predicted octanol–water partition coefficient (Wildman–Crippen LogP) is 2.57. The van der Waals surface area contributed by atoms with E-state index in [4.69, 9.17) is 16.3 Å². The second-order valence-corrected chi connectivity index (χ2v) is 7.08. The van der Waals surface area contributed by atoms with E-state index < -0.39 is 0 Å². The van der Waals surface area contributed by atoms with Crippen LogP contribution in [0.3, 0.4) is 0 Å². The SMILES string of the molecule is COc1ccc(CN2CCc3nc(C4CC4)[nH]c(=O)c3C2)c(Cl)c1O. The van der Waals surface area contributed by atoms with Crippen LogP contribution in [0.4, 0.5) is 0 Å². The molecule has 1 saturated carbocycles. The zero-order valence-electron chi connectivity index (χ0n) is 14.0. The van der Waals surface area contributed by atoms with Gasteiger partial charge in [0, 0.05) is 32.0 Å². The summed E-state index contributed by atoms with van der Waals surface area (Å²) in [6.07, 6.45) is 2.99. The number of phenolic OH excluding ortho intramolecular Hbond substituents is 1. The summed E-state index contributed by atoms with van der Waals surface area (Å²) in [5, 5.41) is 10.4. The summed E-state index contributed by atoms with van der Waals surface area (Å²) in [6.45, 7) is 1.89. The van der Waals surface area contributed by atoms with E-state index in [1.807, 2.05) is 6.07 Å². The number of hydrogen-bond acceptors (Lipinski definition) is 5. The van der Waals surface area contributed by atoms with Gasteiger partial charge in [-0.2, -0.15) is 0 Å². The summed E-state index contributed by atoms with van der Waals surface area (Å²) in [7, 11) is 1.49. The highest BCUT2D eigenvalue weighted by Crippen LogP contribution is 2.38. The van der Waals surface area contributed by atoms with Gasteiger partial charge in [0.25, 0.3) is 5.56 Å². The fourth-order valence-corrected chi connectivity index (χ4v) is 3.52. The fraction of sp³-hybridized carbons (Fsp3) is 0.444. The lowest BCUT2D eigenvalue weighted by atomic mass is 10.1. The van der Waals surface area contributed by atoms with Crippen LogP contribution in [0, 0.1) is 0 Å². The summed E-state index contributed by atoms with van der Waals surface area (Å²) >= 11 is 6.25. The number of aromatic hydroxyl groups is 1. The number of H-pyrrole nitrogens is 1. The van der Waals surface area contributed by atoms with E-state index in [-0.39, 0.29) is 11.3 Å². The van der Waals surface area contributed by atoms with Crippen molar-refractivity contribution in [2.24, 2.45) is 0 Å². The quantitative estimate of drug-likeness (QED) is 0.875. The number of halogens is 1. The second kappa shape index (κ2) is 6.35. The zero-order chi connectivity index (χ0) is 17.6. The van der Waals surface area contributed by atoms with Crippen LogP contribution in [0.2, 0.25) is 5.02 Å². The molecule has 2 N–H and O–H groups in total. The number of ether oxygens (including phenoxy) is 1. The third-order valence-electron chi connectivity index (χ3n) is 4.90. The minimum atomic E-state index is -0.0485. The van der Waals surface area contributed by atoms with Gasteiger partial charge < -0.3 is 14.8 Å². The number of rotatable bonds is 4. The fourth-order valence-electron chi connectivity index (χ4n) is 3.30. The maximum atomic E-state index is 12.4. The smallest absolute Gasteiger partial charge is 0.255 e. The molecule has 4 rings (SSSR count). The Morgan fingerprint density at radius 1 is 1.44 bits per heavy atom. The lowest BCUT2D eigenvalue weighted by Crippen LogP contribution is -2.35. The van der Waals surface area contributed by atoms with Crippen molar-refractivity contribution in [3.8, 4) is 11.5 Å². The minimum absolute atomic E-state index is 0.0275. The molecule has 2 aromatic rings. The number of aromatic amines is 1. The van der Waals surface area contributed by atoms with E-state index in [9.17, 15) is 9.90 Å². The van der Waals surface area contributed by atoms with Gasteiger partial charge in [-0.15, -0.1) is 0 Å². The molecule has 1 aromatic heterocycles. The topological polar surface area (TPSA) is 78.5 Å². The molecule has 25 heavy (non-hydrogen) atoms. The van der Waals surface area contributed by atoms with Gasteiger partial charge in [0.05, 0.1) is 23.4 Å². The largest absolute Gasteiger partial charge is 0.503 e. The number of phenols is 1. The third kappa shape index (κ3) is 3.12. The predicted molar refractivity (Wildman–Crippen MR) is 94.3 cm³/mol. The third-order valence-corrected chi connectivity index (χ3v) is 5.32. The van der Waals surface area contributed by atoms with Gasteiger partial charge in [-0.05, 0) is 24.5 Å². The second-order valence-electron chi connectivity index (χ2n) is 6.70. The molecule has 0 atom stereocenters. The molecule has 1 aliphatic heterocycles. The maximum absolute atomic E-state index is 12.4. The molecule has 6 nitrogen and oxygen atoms in total. The van der Waals surface area contributed by atoms with Crippen LogP contribution in [0.15, 0.2) is 16.9 Å². The molecule has 7 heteroatoms. The van der Waals surface area contributed by atoms with Gasteiger partial charge >= 0.3 is 0 Å². The van der Waals surface area contributed by atoms with Crippen LogP contribution in [0.1, 0.15) is 41.4 Å². The van der Waals surface area contributed by atoms with Gasteiger partial charge in [-0.3, -0.25) is 9.69 Å². The molecule has 1 aliphatic carbocycles. The molecule has 1 aromatic carbocycles. The molecule has 132 valence electrons. The number of aromatic nitrogens is 2. The van der Waals surface area contributed by atoms with E-state index in [0.29, 0.717) is 29.8 Å². The maximum Gasteiger partial charge on any atom is 0.255 e. The van der Waals surface area contributed by atoms with Crippen molar-refractivity contribution in [2.45, 2.75) is 38.3 Å². The molecule has 0 bridgehead atoms. The first-order valence-corrected chi connectivity index (χ1v) is 8.83. The summed E-state index contributed by atoms with van der Waals surface area (Å²) in [5.41, 5.74) is 2.44. The van der Waals surface area contributed by atoms with E-state index in [0.717, 1.165) is 48.5 Å². The molecule has 0 saturated heterocycles. The average Bonchev–Trinajstić information content (AvgIpc) is 3.45. The number of fused-ring (bicyclic) bond motifs is 1. The number of nitrogens with zero attached hydrogens (tertiary/aromatic N) is 2. The number of benzene rings is 1. The average molecular weight is 362 g/mol. The monoisotopic (exact) mass is 361 g/mol. The van der Waals surface area contributed by atoms with Crippen molar-refractivity contribution in [3.05, 3.63) is 50.2 Å². The van der Waals surface area contributed by atoms with Crippen molar-refractivity contribution < 1.29 is 9.84 Å². The Balaban J connectivity index is 1.55. The normalized spacial score (nSPS) is 17.4. The number of hydrogen-bond donors (Lipinski definition) is 2. The van der Waals surface area contributed by atoms with Crippen LogP contribution in [0.25, 0.3) is 0 Å². The summed E-state index contributed by atoms with van der Waals surface area (Å²) < 4.78 is 5.07. The van der Waals surface area contributed by atoms with Gasteiger partial charge in [-0.1, -0.05) is 17.7 Å². The van der Waals surface area contributed by atoms with Crippen molar-refractivity contribution >= 4 is 11.6 Å². The first-order valence-electron chi connectivity index (χ1n) is 8.45. The molecular weight excluding hydrogens is 342 g/mol. The van der Waals surface area contributed by atoms with E-state index in [1.165, 1.54) is 7.11 Å². The number of methoxy groups -OCH3 is 1. The first-order chi connectivity index (χ1) is 12.1. The Kier molecular flexibility index (Phi) is 4.17. The Hall–Kier alpha value is -2.05. The molecule has 0 radical (unpaired) electrons. The highest BCUT2D eigenvalue weighted by atomic mass is 35.5. The number of nitrogens with one attached hydrogen (secondary N) is 1. The summed E-state index contributed by atoms with van der Waals surface area (Å²) in [6, 6.07) is 3.54. The van der Waals surface area contributed by atoms with Crippen LogP contribution in [-0.4, -0.2) is 33.6 Å². The van der Waals surface area contributed by atoms with E-state index in [1.54, 1.807) is 6.07 Å². The van der Waals surface area contributed by atoms with Crippen LogP contribution in [-0.2, 0) is 19.5 Å². The molecule has 2 heterocycles. The molecule has 0 spiro atoms. The molecule has 0 amide bonds. The van der Waals surface area contributed by atoms with E-state index >= 15 is 0 Å². The van der Waals surface area contributed by atoms with Crippen molar-refractivity contribution in [1.82, 2.24) is 14.9 Å². The van der Waals surface area contributed by atoms with Crippen LogP contribution < -0.4 is 10.3 Å². The molecule has 2 aliphatic rings. The van der Waals surface area contributed by atoms with Gasteiger partial charge in [0.15, 0.2) is 11.5 Å². The van der Waals surface area contributed by atoms with Gasteiger partial charge in [-0.25, -0.2) is 4.98 Å². The Morgan fingerprint density at radius 3 is 2.96 bits per heavy atom. The van der Waals surface area contributed by atoms with Gasteiger partial charge in [0.2, 0.25) is 0 Å². The highest BCUT2D eigenvalue weighted by molar-refractivity contribution is 6.33. The zero-order valence-corrected chi connectivity index (χ0v) is 14.8. The lowest BCUT2D eigenvalue weighted by molar-refractivity contribution is 0.241. The van der Waals surface area contributed by atoms with Crippen molar-refractivity contribution in [1.29, 1.82) is 0 Å². The minimum Gasteiger partial charge on any atom is -0.503 e. The van der Waals surface area contributed by atoms with Crippen molar-refractivity contribution in [3.63, 3.8) is 0 Å². The van der Waals surface area contributed by atoms with E-state index in [2.05, 4.69) is 14.9 Å². The van der Waals surface area contributed by atoms with Gasteiger partial charge in [0.1, 0.15) is 5.82 Å². The Morgan fingerprint density at radius 2 is 2.24 bits per heavy atom. The Bertz CT molecular complexity index is 877. The summed E-state index contributed by atoms with van der Waals surface area (Å²) in [4.78, 5) is 22.2. The van der Waals surface area contributed by atoms with Crippen molar-refractivity contribution in [2.75, 3.05) is 13.7 Å². The van der Waals surface area contributed by atoms with Crippen LogP contribution >= 0.6 is 11.6 Å². The lowest BCUT2D eigenvalue weighted by Gasteiger charge is -2.28. The molecule has 0 unspecified atom stereocenters. The molecular formula is C18H20ClN3O3. The van der Waals surface area contributed by atoms with Crippen LogP contribution in [0.5, 0.6) is 11.5 Å². The standard InChI is InChI=1S/C18H20ClN3O3/c1-25-14-5-4-11(15(19)16(14)23)8-22-7-6-13-12(9-22)18(24)21-17(20-13)10-2-3-10/h4-5,10,23H,2-3,6-9H2,1H3,(H,20,21,24). The highest BCUT2D eigenvalue weighted by Gasteiger charge is 2.29. The summed E-state index contributed by atoms with van der Waals surface area (Å²) in [5.74, 6) is 1.59. The molecule has 1 fully saturated rings. The Labute approximate surface area is 150 Å². The first kappa shape index (κ1) is 16.4.